The number of anilines is 1. The zero-order valence-corrected chi connectivity index (χ0v) is 22.9. The van der Waals surface area contributed by atoms with Crippen molar-refractivity contribution in [2.24, 2.45) is 0 Å². The van der Waals surface area contributed by atoms with Gasteiger partial charge in [0.25, 0.3) is 5.91 Å². The first-order valence-electron chi connectivity index (χ1n) is 12.7. The van der Waals surface area contributed by atoms with Gasteiger partial charge in [0.1, 0.15) is 17.4 Å². The molecular formula is C27H34F2N4O5S. The van der Waals surface area contributed by atoms with E-state index < -0.39 is 39.7 Å². The number of nitrogens with one attached hydrogen (secondary N) is 3. The van der Waals surface area contributed by atoms with Crippen molar-refractivity contribution in [2.45, 2.75) is 58.7 Å². The summed E-state index contributed by atoms with van der Waals surface area (Å²) >= 11 is 0. The summed E-state index contributed by atoms with van der Waals surface area (Å²) in [7, 11) is -3.69. The average Bonchev–Trinajstić information content (AvgIpc) is 3.22. The quantitative estimate of drug-likeness (QED) is 0.236. The highest BCUT2D eigenvalue weighted by atomic mass is 32.2. The lowest BCUT2D eigenvalue weighted by molar-refractivity contribution is 0.0824. The fourth-order valence-corrected chi connectivity index (χ4v) is 5.07. The molecule has 12 heteroatoms. The fraction of sp³-hybridized carbons (Fsp3) is 0.407. The van der Waals surface area contributed by atoms with Crippen LogP contribution in [0.2, 0.25) is 0 Å². The Kier molecular flexibility index (Phi) is 10.6. The number of aryl methyl sites for hydroxylation is 2. The van der Waals surface area contributed by atoms with Gasteiger partial charge >= 0.3 is 6.01 Å². The maximum atomic E-state index is 13.8. The van der Waals surface area contributed by atoms with E-state index in [1.165, 1.54) is 12.5 Å². The molecular weight excluding hydrogens is 530 g/mol. The second kappa shape index (κ2) is 13.6. The Hall–Kier alpha value is -3.35. The lowest BCUT2D eigenvalue weighted by Crippen LogP contribution is -2.48. The molecule has 0 aliphatic carbocycles. The van der Waals surface area contributed by atoms with E-state index in [9.17, 15) is 27.1 Å². The van der Waals surface area contributed by atoms with Crippen molar-refractivity contribution in [3.8, 4) is 0 Å². The number of hydrogen-bond acceptors (Lipinski definition) is 7. The lowest BCUT2D eigenvalue weighted by Gasteiger charge is -2.24. The average molecular weight is 565 g/mol. The van der Waals surface area contributed by atoms with E-state index in [1.807, 2.05) is 24.3 Å². The number of aliphatic hydroxyl groups excluding tert-OH is 1. The van der Waals surface area contributed by atoms with Crippen molar-refractivity contribution in [1.29, 1.82) is 0 Å². The van der Waals surface area contributed by atoms with Gasteiger partial charge in [-0.1, -0.05) is 38.1 Å². The van der Waals surface area contributed by atoms with Gasteiger partial charge < -0.3 is 20.2 Å². The molecule has 2 atom stereocenters. The molecule has 1 amide bonds. The second-order valence-corrected chi connectivity index (χ2v) is 11.1. The van der Waals surface area contributed by atoms with E-state index in [2.05, 4.69) is 27.3 Å². The van der Waals surface area contributed by atoms with Crippen LogP contribution in [0.1, 0.15) is 53.2 Å². The molecule has 0 fully saturated rings. The number of benzene rings is 2. The number of sulfonamides is 1. The van der Waals surface area contributed by atoms with Crippen LogP contribution in [0.4, 0.5) is 14.8 Å². The molecule has 39 heavy (non-hydrogen) atoms. The van der Waals surface area contributed by atoms with Gasteiger partial charge in [-0.3, -0.25) is 4.79 Å². The maximum absolute atomic E-state index is 13.8. The molecule has 4 N–H and O–H groups in total. The monoisotopic (exact) mass is 564 g/mol. The molecule has 0 aliphatic rings. The molecule has 3 rings (SSSR count). The summed E-state index contributed by atoms with van der Waals surface area (Å²) in [5, 5.41) is 16.8. The first-order chi connectivity index (χ1) is 18.5. The minimum absolute atomic E-state index is 0.0562. The Morgan fingerprint density at radius 3 is 2.44 bits per heavy atom. The van der Waals surface area contributed by atoms with Crippen LogP contribution in [0.5, 0.6) is 0 Å². The van der Waals surface area contributed by atoms with E-state index in [0.29, 0.717) is 13.0 Å². The molecule has 0 spiro atoms. The third-order valence-electron chi connectivity index (χ3n) is 5.97. The van der Waals surface area contributed by atoms with Gasteiger partial charge in [-0.05, 0) is 55.0 Å². The molecule has 1 aromatic heterocycles. The Labute approximate surface area is 227 Å². The van der Waals surface area contributed by atoms with Crippen molar-refractivity contribution in [3.05, 3.63) is 82.2 Å². The van der Waals surface area contributed by atoms with Crippen LogP contribution >= 0.6 is 0 Å². The standard InChI is InChI=1S/C27H34F2N4O5S/c1-4-9-39(36,37)33-27-32-25(17(3)38-27)26(35)31-23(13-20-11-21(28)14-22(29)12-20)24(34)16-30-15-19-8-6-7-18(5-2)10-19/h6-8,10-12,14,23-24,30,34H,4-5,9,13,15-16H2,1-3H3,(H,31,35)(H,32,33). The van der Waals surface area contributed by atoms with Crippen LogP contribution in [0.15, 0.2) is 46.9 Å². The maximum Gasteiger partial charge on any atom is 0.309 e. The molecule has 0 saturated carbocycles. The number of nitrogens with zero attached hydrogens (tertiary/aromatic N) is 1. The van der Waals surface area contributed by atoms with E-state index in [1.54, 1.807) is 6.92 Å². The summed E-state index contributed by atoms with van der Waals surface area (Å²) in [5.74, 6) is -2.40. The Morgan fingerprint density at radius 2 is 1.77 bits per heavy atom. The Balaban J connectivity index is 1.75. The predicted octanol–water partition coefficient (Wildman–Crippen LogP) is 3.47. The first-order valence-corrected chi connectivity index (χ1v) is 14.3. The van der Waals surface area contributed by atoms with Crippen LogP contribution < -0.4 is 15.4 Å². The Bertz CT molecular complexity index is 1360. The minimum atomic E-state index is -3.69. The van der Waals surface area contributed by atoms with E-state index in [0.717, 1.165) is 30.2 Å². The fourth-order valence-electron chi connectivity index (χ4n) is 4.07. The number of aromatic nitrogens is 1. The first kappa shape index (κ1) is 30.2. The molecule has 0 aliphatic heterocycles. The predicted molar refractivity (Wildman–Crippen MR) is 144 cm³/mol. The highest BCUT2D eigenvalue weighted by Gasteiger charge is 2.26. The van der Waals surface area contributed by atoms with Gasteiger partial charge in [0.05, 0.1) is 17.9 Å². The second-order valence-electron chi connectivity index (χ2n) is 9.28. The van der Waals surface area contributed by atoms with E-state index >= 15 is 0 Å². The summed E-state index contributed by atoms with van der Waals surface area (Å²) in [6, 6.07) is 9.64. The SMILES string of the molecule is CCCS(=O)(=O)Nc1nc(C(=O)NC(Cc2cc(F)cc(F)c2)C(O)CNCc2cccc(CC)c2)c(C)o1. The van der Waals surface area contributed by atoms with Crippen LogP contribution in [-0.4, -0.2) is 48.9 Å². The van der Waals surface area contributed by atoms with Crippen molar-refractivity contribution < 1.29 is 31.5 Å². The highest BCUT2D eigenvalue weighted by Crippen LogP contribution is 2.17. The molecule has 0 radical (unpaired) electrons. The highest BCUT2D eigenvalue weighted by molar-refractivity contribution is 7.92. The van der Waals surface area contributed by atoms with Gasteiger partial charge in [-0.15, -0.1) is 0 Å². The van der Waals surface area contributed by atoms with Crippen LogP contribution in [-0.2, 0) is 29.4 Å². The lowest BCUT2D eigenvalue weighted by atomic mass is 10.00. The minimum Gasteiger partial charge on any atom is -0.428 e. The number of amides is 1. The van der Waals surface area contributed by atoms with Gasteiger partial charge in [0.15, 0.2) is 5.69 Å². The molecule has 2 aromatic carbocycles. The molecule has 3 aromatic rings. The molecule has 9 nitrogen and oxygen atoms in total. The summed E-state index contributed by atoms with van der Waals surface area (Å²) < 4.78 is 59.2. The third kappa shape index (κ3) is 9.12. The molecule has 0 saturated heterocycles. The summed E-state index contributed by atoms with van der Waals surface area (Å²) in [5.41, 5.74) is 2.24. The number of carbonyl (C=O) groups is 1. The molecule has 0 bridgehead atoms. The molecule has 212 valence electrons. The molecule has 1 heterocycles. The number of halogens is 2. The van der Waals surface area contributed by atoms with Crippen molar-refractivity contribution in [1.82, 2.24) is 15.6 Å². The van der Waals surface area contributed by atoms with E-state index in [-0.39, 0.29) is 41.8 Å². The summed E-state index contributed by atoms with van der Waals surface area (Å²) in [6.45, 7) is 5.73. The van der Waals surface area contributed by atoms with Crippen molar-refractivity contribution in [2.75, 3.05) is 17.0 Å². The van der Waals surface area contributed by atoms with Gasteiger partial charge in [0, 0.05) is 19.2 Å². The number of aliphatic hydroxyl groups is 1. The van der Waals surface area contributed by atoms with E-state index in [4.69, 9.17) is 4.42 Å². The van der Waals surface area contributed by atoms with Crippen LogP contribution in [0.3, 0.4) is 0 Å². The van der Waals surface area contributed by atoms with Crippen molar-refractivity contribution >= 4 is 21.9 Å². The molecule has 2 unspecified atom stereocenters. The number of carbonyl (C=O) groups excluding carboxylic acids is 1. The van der Waals surface area contributed by atoms with Gasteiger partial charge in [-0.25, -0.2) is 21.9 Å². The normalized spacial score (nSPS) is 13.2. The zero-order chi connectivity index (χ0) is 28.6. The largest absolute Gasteiger partial charge is 0.428 e. The number of oxazole rings is 1. The van der Waals surface area contributed by atoms with Crippen molar-refractivity contribution in [3.63, 3.8) is 0 Å². The Morgan fingerprint density at radius 1 is 1.08 bits per heavy atom. The van der Waals surface area contributed by atoms with Crippen LogP contribution in [0.25, 0.3) is 0 Å². The van der Waals surface area contributed by atoms with Crippen LogP contribution in [0, 0.1) is 18.6 Å². The topological polar surface area (TPSA) is 134 Å². The number of hydrogen-bond donors (Lipinski definition) is 4. The number of rotatable bonds is 14. The zero-order valence-electron chi connectivity index (χ0n) is 22.1. The van der Waals surface area contributed by atoms with Gasteiger partial charge in [-0.2, -0.15) is 4.98 Å². The summed E-state index contributed by atoms with van der Waals surface area (Å²) in [4.78, 5) is 17.0. The summed E-state index contributed by atoms with van der Waals surface area (Å²) in [6.07, 6.45) is 0.0320. The third-order valence-corrected chi connectivity index (χ3v) is 7.40. The van der Waals surface area contributed by atoms with Gasteiger partial charge in [0.2, 0.25) is 10.0 Å². The smallest absolute Gasteiger partial charge is 0.309 e.